The molecule has 0 spiro atoms. The second-order valence-corrected chi connectivity index (χ2v) is 4.60. The van der Waals surface area contributed by atoms with Crippen LogP contribution in [0.25, 0.3) is 0 Å². The third-order valence-electron chi connectivity index (χ3n) is 2.23. The molecule has 2 nitrogen and oxygen atoms in total. The molecule has 16 heavy (non-hydrogen) atoms. The maximum atomic E-state index is 11.4. The quantitative estimate of drug-likeness (QED) is 0.507. The van der Waals surface area contributed by atoms with Crippen LogP contribution in [0.5, 0.6) is 0 Å². The molecule has 1 aromatic rings. The van der Waals surface area contributed by atoms with Gasteiger partial charge in [-0.2, -0.15) is 0 Å². The first-order valence-electron chi connectivity index (χ1n) is 5.72. The Hall–Kier alpha value is -0.720. The van der Waals surface area contributed by atoms with E-state index in [9.17, 15) is 4.79 Å². The lowest BCUT2D eigenvalue weighted by molar-refractivity contribution is -0.111. The highest BCUT2D eigenvalue weighted by atomic mass is 31.1. The van der Waals surface area contributed by atoms with Crippen LogP contribution in [0.15, 0.2) is 30.3 Å². The predicted molar refractivity (Wildman–Crippen MR) is 67.6 cm³/mol. The number of carbonyl (C=O) groups is 1. The summed E-state index contributed by atoms with van der Waals surface area (Å²) in [5.41, 5.74) is 1.37. The Kier molecular flexibility index (Phi) is 7.03. The molecule has 0 atom stereocenters. The largest absolute Gasteiger partial charge is 0.345 e. The molecular weight excluding hydrogens is 219 g/mol. The van der Waals surface area contributed by atoms with Gasteiger partial charge in [0, 0.05) is 6.42 Å². The van der Waals surface area contributed by atoms with Crippen molar-refractivity contribution in [3.63, 3.8) is 0 Å². The summed E-state index contributed by atoms with van der Waals surface area (Å²) in [5.74, 6) is 0. The zero-order valence-electron chi connectivity index (χ0n) is 9.69. The van der Waals surface area contributed by atoms with Gasteiger partial charge in [-0.3, -0.25) is 4.79 Å². The van der Waals surface area contributed by atoms with Crippen molar-refractivity contribution in [2.45, 2.75) is 32.6 Å². The molecule has 0 aliphatic carbocycles. The molecule has 3 heteroatoms. The standard InChI is InChI=1S/C13H18O2P/c1-2-3-11-15-16-13(14)10-9-12-7-5-4-6-8-12/h4-8H,2-3,9-11H2,1H3. The van der Waals surface area contributed by atoms with Gasteiger partial charge in [0.1, 0.15) is 0 Å². The van der Waals surface area contributed by atoms with E-state index in [4.69, 9.17) is 4.52 Å². The first-order valence-corrected chi connectivity index (χ1v) is 6.54. The van der Waals surface area contributed by atoms with Crippen LogP contribution in [0.3, 0.4) is 0 Å². The Labute approximate surface area is 99.3 Å². The van der Waals surface area contributed by atoms with Crippen molar-refractivity contribution in [2.24, 2.45) is 0 Å². The Balaban J connectivity index is 2.11. The minimum atomic E-state index is 0.167. The Morgan fingerprint density at radius 1 is 1.31 bits per heavy atom. The van der Waals surface area contributed by atoms with Crippen LogP contribution in [0.1, 0.15) is 31.7 Å². The average Bonchev–Trinajstić information content (AvgIpc) is 2.33. The van der Waals surface area contributed by atoms with Crippen molar-refractivity contribution in [3.05, 3.63) is 35.9 Å². The first kappa shape index (κ1) is 13.3. The smallest absolute Gasteiger partial charge is 0.189 e. The Morgan fingerprint density at radius 3 is 2.75 bits per heavy atom. The van der Waals surface area contributed by atoms with Gasteiger partial charge in [0.15, 0.2) is 14.3 Å². The highest BCUT2D eigenvalue weighted by Crippen LogP contribution is 2.17. The van der Waals surface area contributed by atoms with Crippen molar-refractivity contribution in [1.82, 2.24) is 0 Å². The van der Waals surface area contributed by atoms with E-state index in [1.54, 1.807) is 0 Å². The van der Waals surface area contributed by atoms with Crippen molar-refractivity contribution in [2.75, 3.05) is 6.61 Å². The SMILES string of the molecule is CCCCO[P]C(=O)CCc1ccccc1. The van der Waals surface area contributed by atoms with E-state index in [-0.39, 0.29) is 5.52 Å². The summed E-state index contributed by atoms with van der Waals surface area (Å²) in [4.78, 5) is 11.4. The van der Waals surface area contributed by atoms with E-state index >= 15 is 0 Å². The summed E-state index contributed by atoms with van der Waals surface area (Å²) in [6.45, 7) is 2.80. The molecule has 1 rings (SSSR count). The Morgan fingerprint density at radius 2 is 2.06 bits per heavy atom. The molecule has 0 bridgehead atoms. The third kappa shape index (κ3) is 5.99. The van der Waals surface area contributed by atoms with Gasteiger partial charge >= 0.3 is 0 Å². The molecule has 1 radical (unpaired) electrons. The van der Waals surface area contributed by atoms with Gasteiger partial charge < -0.3 is 4.52 Å². The third-order valence-corrected chi connectivity index (χ3v) is 2.96. The minimum absolute atomic E-state index is 0.167. The van der Waals surface area contributed by atoms with E-state index in [2.05, 4.69) is 6.92 Å². The molecule has 0 unspecified atom stereocenters. The van der Waals surface area contributed by atoms with Gasteiger partial charge in [0.2, 0.25) is 0 Å². The molecule has 0 saturated carbocycles. The fourth-order valence-corrected chi connectivity index (χ4v) is 1.84. The summed E-state index contributed by atoms with van der Waals surface area (Å²) in [5, 5.41) is 0. The van der Waals surface area contributed by atoms with Crippen LogP contribution in [-0.2, 0) is 15.7 Å². The molecule has 0 saturated heterocycles. The van der Waals surface area contributed by atoms with Gasteiger partial charge in [0.05, 0.1) is 6.61 Å². The van der Waals surface area contributed by atoms with Gasteiger partial charge in [-0.15, -0.1) is 0 Å². The van der Waals surface area contributed by atoms with Crippen molar-refractivity contribution < 1.29 is 9.32 Å². The van der Waals surface area contributed by atoms with E-state index in [0.717, 1.165) is 19.3 Å². The average molecular weight is 237 g/mol. The zero-order valence-corrected chi connectivity index (χ0v) is 10.6. The lowest BCUT2D eigenvalue weighted by Crippen LogP contribution is -1.95. The molecule has 0 N–H and O–H groups in total. The van der Waals surface area contributed by atoms with E-state index in [1.807, 2.05) is 30.3 Å². The monoisotopic (exact) mass is 237 g/mol. The molecule has 0 heterocycles. The predicted octanol–water partition coefficient (Wildman–Crippen LogP) is 3.82. The van der Waals surface area contributed by atoms with Crippen molar-refractivity contribution in [3.8, 4) is 0 Å². The molecule has 87 valence electrons. The topological polar surface area (TPSA) is 26.3 Å². The number of rotatable bonds is 8. The number of hydrogen-bond donors (Lipinski definition) is 0. The van der Waals surface area contributed by atoms with Crippen LogP contribution in [0, 0.1) is 0 Å². The van der Waals surface area contributed by atoms with E-state index < -0.39 is 0 Å². The minimum Gasteiger partial charge on any atom is -0.345 e. The second-order valence-electron chi connectivity index (χ2n) is 3.66. The summed E-state index contributed by atoms with van der Waals surface area (Å²) >= 11 is 0. The molecule has 0 aliphatic rings. The summed E-state index contributed by atoms with van der Waals surface area (Å²) in [7, 11) is 0.513. The fraction of sp³-hybridized carbons (Fsp3) is 0.462. The number of hydrogen-bond acceptors (Lipinski definition) is 2. The second kappa shape index (κ2) is 8.43. The van der Waals surface area contributed by atoms with Crippen molar-refractivity contribution in [1.29, 1.82) is 0 Å². The molecule has 0 fully saturated rings. The number of aryl methyl sites for hydroxylation is 1. The highest BCUT2D eigenvalue weighted by Gasteiger charge is 2.04. The van der Waals surface area contributed by atoms with Gasteiger partial charge in [-0.25, -0.2) is 0 Å². The zero-order chi connectivity index (χ0) is 11.6. The highest BCUT2D eigenvalue weighted by molar-refractivity contribution is 7.53. The number of benzene rings is 1. The summed E-state index contributed by atoms with van der Waals surface area (Å²) < 4.78 is 5.25. The molecule has 0 aromatic heterocycles. The van der Waals surface area contributed by atoms with Crippen LogP contribution in [0.2, 0.25) is 0 Å². The van der Waals surface area contributed by atoms with Crippen LogP contribution < -0.4 is 0 Å². The van der Waals surface area contributed by atoms with Crippen LogP contribution in [0.4, 0.5) is 0 Å². The molecular formula is C13H18O2P. The molecule has 0 aliphatic heterocycles. The summed E-state index contributed by atoms with van der Waals surface area (Å²) in [6, 6.07) is 10.1. The maximum Gasteiger partial charge on any atom is 0.189 e. The van der Waals surface area contributed by atoms with E-state index in [0.29, 0.717) is 21.8 Å². The lowest BCUT2D eigenvalue weighted by atomic mass is 10.1. The number of unbranched alkanes of at least 4 members (excludes halogenated alkanes) is 1. The van der Waals surface area contributed by atoms with E-state index in [1.165, 1.54) is 5.56 Å². The lowest BCUT2D eigenvalue weighted by Gasteiger charge is -2.01. The first-order chi connectivity index (χ1) is 7.83. The van der Waals surface area contributed by atoms with Crippen LogP contribution >= 0.6 is 8.81 Å². The summed E-state index contributed by atoms with van der Waals surface area (Å²) in [6.07, 6.45) is 3.51. The molecule has 1 aromatic carbocycles. The Bertz CT molecular complexity index is 298. The van der Waals surface area contributed by atoms with Gasteiger partial charge in [-0.1, -0.05) is 43.7 Å². The maximum absolute atomic E-state index is 11.4. The molecule has 0 amide bonds. The van der Waals surface area contributed by atoms with Crippen LogP contribution in [-0.4, -0.2) is 12.1 Å². The van der Waals surface area contributed by atoms with Gasteiger partial charge in [0.25, 0.3) is 0 Å². The fourth-order valence-electron chi connectivity index (χ4n) is 1.27. The van der Waals surface area contributed by atoms with Crippen molar-refractivity contribution >= 4 is 14.3 Å². The van der Waals surface area contributed by atoms with Gasteiger partial charge in [-0.05, 0) is 18.4 Å². The normalized spacial score (nSPS) is 11.1. The number of carbonyl (C=O) groups excluding carboxylic acids is 1.